The molecule has 0 unspecified atom stereocenters. The van der Waals surface area contributed by atoms with E-state index >= 15 is 0 Å². The predicted molar refractivity (Wildman–Crippen MR) is 153 cm³/mol. The molecule has 3 aromatic carbocycles. The molecule has 0 nitrogen and oxygen atoms in total. The van der Waals surface area contributed by atoms with Crippen molar-refractivity contribution in [3.05, 3.63) is 54.1 Å². The molecule has 0 aliphatic carbocycles. The standard InChI is InChI=1S/C15H34P2.C14H11.Co/c1-12(2)16(13(3)4)10-9-11-17(14(5)6)15(7)8;1-10-11-6-2-4-8-13(11)14-9-5-3-7-12(10)14;/h12-15H,9-11H2,1-8H3;2-9H,1H3;/q;-1;/p+2. The Balaban J connectivity index is 0.000000313. The Morgan fingerprint density at radius 3 is 1.59 bits per heavy atom. The summed E-state index contributed by atoms with van der Waals surface area (Å²) in [6.07, 6.45) is 4.61. The maximum atomic E-state index is 2.44. The Hall–Kier alpha value is -0.324. The van der Waals surface area contributed by atoms with E-state index in [-0.39, 0.29) is 32.6 Å². The van der Waals surface area contributed by atoms with Crippen LogP contribution in [0.4, 0.5) is 0 Å². The SMILES string of the molecule is CC(C)[PH+](CCC[PH+](C(C)C)C(C)C)C(C)C.Cc1c2ccccc2[c-]2ccccc12.[Co]. The van der Waals surface area contributed by atoms with Crippen LogP contribution in [0.1, 0.15) is 67.4 Å². The molecular weight excluding hydrogens is 469 g/mol. The zero-order valence-corrected chi connectivity index (χ0v) is 24.9. The molecule has 0 aliphatic rings. The van der Waals surface area contributed by atoms with Crippen LogP contribution < -0.4 is 0 Å². The molecule has 0 heterocycles. The van der Waals surface area contributed by atoms with E-state index in [2.05, 4.69) is 111 Å². The molecule has 0 amide bonds. The van der Waals surface area contributed by atoms with E-state index in [1.807, 2.05) is 0 Å². The minimum atomic E-state index is -0.109. The van der Waals surface area contributed by atoms with Gasteiger partial charge >= 0.3 is 0 Å². The second-order valence-electron chi connectivity index (χ2n) is 10.3. The summed E-state index contributed by atoms with van der Waals surface area (Å²) in [7, 11) is -0.217. The minimum absolute atomic E-state index is 0. The molecule has 3 rings (SSSR count). The van der Waals surface area contributed by atoms with E-state index in [9.17, 15) is 0 Å². The van der Waals surface area contributed by atoms with E-state index in [0.29, 0.717) is 0 Å². The van der Waals surface area contributed by atoms with E-state index in [1.54, 1.807) is 12.3 Å². The van der Waals surface area contributed by atoms with Crippen LogP contribution in [0.25, 0.3) is 21.5 Å². The summed E-state index contributed by atoms with van der Waals surface area (Å²) in [6.45, 7) is 21.7. The van der Waals surface area contributed by atoms with E-state index < -0.39 is 0 Å². The summed E-state index contributed by atoms with van der Waals surface area (Å²) in [5.41, 5.74) is 5.21. The van der Waals surface area contributed by atoms with Gasteiger partial charge in [0, 0.05) is 39.0 Å². The largest absolute Gasteiger partial charge is 0.117 e. The quantitative estimate of drug-likeness (QED) is 0.207. The molecule has 0 aromatic heterocycles. The molecule has 0 fully saturated rings. The maximum absolute atomic E-state index is 2.44. The summed E-state index contributed by atoms with van der Waals surface area (Å²) in [5.74, 6) is 0. The number of aryl methyl sites for hydroxylation is 1. The molecule has 0 atom stereocenters. The van der Waals surface area contributed by atoms with Crippen LogP contribution in [-0.4, -0.2) is 35.0 Å². The normalized spacial score (nSPS) is 11.8. The second-order valence-corrected chi connectivity index (χ2v) is 18.3. The molecule has 181 valence electrons. The van der Waals surface area contributed by atoms with Crippen LogP contribution in [0.3, 0.4) is 0 Å². The van der Waals surface area contributed by atoms with E-state index in [0.717, 1.165) is 22.6 Å². The molecule has 0 saturated heterocycles. The van der Waals surface area contributed by atoms with Crippen molar-refractivity contribution >= 4 is 37.4 Å². The molecular formula is C29H47CoP2+. The van der Waals surface area contributed by atoms with Crippen molar-refractivity contribution in [2.45, 2.75) is 91.4 Å². The molecule has 3 heteroatoms. The Bertz CT molecular complexity index is 834. The average molecular weight is 517 g/mol. The molecule has 32 heavy (non-hydrogen) atoms. The van der Waals surface area contributed by atoms with Crippen LogP contribution in [-0.2, 0) is 16.8 Å². The first kappa shape index (κ1) is 29.7. The molecule has 1 radical (unpaired) electrons. The van der Waals surface area contributed by atoms with Gasteiger partial charge in [0.25, 0.3) is 0 Å². The summed E-state index contributed by atoms with van der Waals surface area (Å²) in [6, 6.07) is 17.2. The number of fused-ring (bicyclic) bond motifs is 3. The fraction of sp³-hybridized carbons (Fsp3) is 0.552. The van der Waals surface area contributed by atoms with Crippen molar-refractivity contribution < 1.29 is 16.8 Å². The van der Waals surface area contributed by atoms with Gasteiger partial charge in [0.2, 0.25) is 0 Å². The maximum Gasteiger partial charge on any atom is 0.0621 e. The van der Waals surface area contributed by atoms with Gasteiger partial charge in [-0.3, -0.25) is 0 Å². The summed E-state index contributed by atoms with van der Waals surface area (Å²) >= 11 is 0. The first-order chi connectivity index (χ1) is 14.6. The summed E-state index contributed by atoms with van der Waals surface area (Å²) in [5, 5.41) is 5.52. The zero-order chi connectivity index (χ0) is 23.1. The van der Waals surface area contributed by atoms with Gasteiger partial charge in [0.1, 0.15) is 0 Å². The molecule has 0 bridgehead atoms. The number of rotatable bonds is 8. The Kier molecular flexibility index (Phi) is 13.1. The predicted octanol–water partition coefficient (Wildman–Crippen LogP) is 9.46. The van der Waals surface area contributed by atoms with Gasteiger partial charge in [0.15, 0.2) is 0 Å². The minimum Gasteiger partial charge on any atom is -0.117 e. The van der Waals surface area contributed by atoms with Crippen LogP contribution in [0, 0.1) is 6.92 Å². The first-order valence-corrected chi connectivity index (χ1v) is 16.1. The fourth-order valence-electron chi connectivity index (χ4n) is 5.22. The summed E-state index contributed by atoms with van der Waals surface area (Å²) < 4.78 is 0. The topological polar surface area (TPSA) is 0 Å². The molecule has 0 aliphatic heterocycles. The van der Waals surface area contributed by atoms with Crippen molar-refractivity contribution in [1.29, 1.82) is 0 Å². The van der Waals surface area contributed by atoms with Crippen LogP contribution in [0.2, 0.25) is 0 Å². The Labute approximate surface area is 211 Å². The van der Waals surface area contributed by atoms with Gasteiger partial charge in [-0.05, 0) is 55.4 Å². The summed E-state index contributed by atoms with van der Waals surface area (Å²) in [4.78, 5) is 0. The third kappa shape index (κ3) is 7.87. The monoisotopic (exact) mass is 516 g/mol. The van der Waals surface area contributed by atoms with Gasteiger partial charge < -0.3 is 0 Å². The molecule has 3 aromatic rings. The van der Waals surface area contributed by atoms with Crippen molar-refractivity contribution in [3.63, 3.8) is 0 Å². The molecule has 0 N–H and O–H groups in total. The molecule has 0 spiro atoms. The van der Waals surface area contributed by atoms with Gasteiger partial charge in [0.05, 0.1) is 35.0 Å². The van der Waals surface area contributed by atoms with Crippen LogP contribution >= 0.6 is 15.8 Å². The van der Waals surface area contributed by atoms with Gasteiger partial charge in [-0.1, -0.05) is 41.3 Å². The van der Waals surface area contributed by atoms with Crippen molar-refractivity contribution in [3.8, 4) is 0 Å². The number of hydrogen-bond acceptors (Lipinski definition) is 0. The smallest absolute Gasteiger partial charge is 0.0621 e. The Morgan fingerprint density at radius 1 is 0.656 bits per heavy atom. The third-order valence-electron chi connectivity index (χ3n) is 6.85. The second kappa shape index (κ2) is 14.2. The van der Waals surface area contributed by atoms with E-state index in [1.165, 1.54) is 33.5 Å². The number of benzene rings is 2. The van der Waals surface area contributed by atoms with E-state index in [4.69, 9.17) is 0 Å². The van der Waals surface area contributed by atoms with Gasteiger partial charge in [-0.25, -0.2) is 0 Å². The fourth-order valence-corrected chi connectivity index (χ4v) is 11.7. The van der Waals surface area contributed by atoms with Crippen molar-refractivity contribution in [1.82, 2.24) is 0 Å². The van der Waals surface area contributed by atoms with Crippen molar-refractivity contribution in [2.24, 2.45) is 0 Å². The zero-order valence-electron chi connectivity index (χ0n) is 21.9. The van der Waals surface area contributed by atoms with Crippen LogP contribution in [0.15, 0.2) is 48.5 Å². The average Bonchev–Trinajstić information content (AvgIpc) is 3.00. The first-order valence-electron chi connectivity index (χ1n) is 12.4. The third-order valence-corrected chi connectivity index (χ3v) is 14.6. The number of hydrogen-bond donors (Lipinski definition) is 0. The Morgan fingerprint density at radius 2 is 1.09 bits per heavy atom. The molecule has 0 saturated carbocycles. The van der Waals surface area contributed by atoms with Gasteiger partial charge in [-0.15, -0.1) is 41.3 Å². The van der Waals surface area contributed by atoms with Crippen molar-refractivity contribution in [2.75, 3.05) is 12.3 Å². The van der Waals surface area contributed by atoms with Crippen LogP contribution in [0.5, 0.6) is 0 Å². The van der Waals surface area contributed by atoms with Gasteiger partial charge in [-0.2, -0.15) is 0 Å².